The van der Waals surface area contributed by atoms with E-state index in [1.807, 2.05) is 19.1 Å². The Bertz CT molecular complexity index is 218. The van der Waals surface area contributed by atoms with Crippen LogP contribution in [-0.2, 0) is 0 Å². The van der Waals surface area contributed by atoms with Crippen LogP contribution in [0, 0.1) is 0 Å². The van der Waals surface area contributed by atoms with E-state index in [9.17, 15) is 0 Å². The van der Waals surface area contributed by atoms with E-state index in [0.29, 0.717) is 0 Å². The van der Waals surface area contributed by atoms with Gasteiger partial charge in [-0.3, -0.25) is 4.98 Å². The highest BCUT2D eigenvalue weighted by molar-refractivity contribution is 5.20. The maximum atomic E-state index is 5.60. The number of nitrogens with zero attached hydrogens (tertiary/aromatic N) is 1. The van der Waals surface area contributed by atoms with Crippen molar-refractivity contribution in [1.29, 1.82) is 0 Å². The van der Waals surface area contributed by atoms with Gasteiger partial charge in [0.15, 0.2) is 0 Å². The molecule has 3 heteroatoms. The molecule has 1 atom stereocenters. The molecule has 1 heterocycles. The third kappa shape index (κ3) is 1.91. The summed E-state index contributed by atoms with van der Waals surface area (Å²) in [6.45, 7) is 1.90. The van der Waals surface area contributed by atoms with E-state index in [1.165, 1.54) is 0 Å². The maximum absolute atomic E-state index is 5.60. The lowest BCUT2D eigenvalue weighted by molar-refractivity contribution is 0.412. The normalized spacial score (nSPS) is 12.6. The average molecular weight is 152 g/mol. The molecule has 1 aromatic heterocycles. The monoisotopic (exact) mass is 152 g/mol. The van der Waals surface area contributed by atoms with Crippen molar-refractivity contribution in [3.05, 3.63) is 24.0 Å². The van der Waals surface area contributed by atoms with Crippen LogP contribution in [0.3, 0.4) is 0 Å². The first-order valence-corrected chi connectivity index (χ1v) is 3.49. The fraction of sp³-hybridized carbons (Fsp3) is 0.375. The molecule has 1 rings (SSSR count). The summed E-state index contributed by atoms with van der Waals surface area (Å²) < 4.78 is 4.95. The molecule has 0 bridgehead atoms. The Labute approximate surface area is 66.2 Å². The van der Waals surface area contributed by atoms with Crippen LogP contribution in [0.2, 0.25) is 0 Å². The van der Waals surface area contributed by atoms with Gasteiger partial charge in [0, 0.05) is 6.04 Å². The number of ether oxygens (including phenoxy) is 1. The van der Waals surface area contributed by atoms with Crippen LogP contribution in [0.1, 0.15) is 18.7 Å². The Morgan fingerprint density at radius 2 is 2.27 bits per heavy atom. The molecule has 0 radical (unpaired) electrons. The number of hydrogen-bond donors (Lipinski definition) is 1. The highest BCUT2D eigenvalue weighted by Crippen LogP contribution is 2.11. The summed E-state index contributed by atoms with van der Waals surface area (Å²) >= 11 is 0. The maximum Gasteiger partial charge on any atom is 0.137 e. The van der Waals surface area contributed by atoms with Gasteiger partial charge >= 0.3 is 0 Å². The molecule has 0 aliphatic rings. The third-order valence-corrected chi connectivity index (χ3v) is 1.46. The Morgan fingerprint density at radius 3 is 2.64 bits per heavy atom. The molecule has 0 fully saturated rings. The minimum absolute atomic E-state index is 0.0130. The first-order valence-electron chi connectivity index (χ1n) is 3.49. The number of hydrogen-bond acceptors (Lipinski definition) is 3. The van der Waals surface area contributed by atoms with E-state index >= 15 is 0 Å². The summed E-state index contributed by atoms with van der Waals surface area (Å²) in [5, 5.41) is 0. The van der Waals surface area contributed by atoms with E-state index in [0.717, 1.165) is 11.4 Å². The van der Waals surface area contributed by atoms with Crippen molar-refractivity contribution in [2.75, 3.05) is 7.11 Å². The molecular formula is C8H12N2O. The van der Waals surface area contributed by atoms with Crippen LogP contribution in [-0.4, -0.2) is 12.1 Å². The molecule has 11 heavy (non-hydrogen) atoms. The van der Waals surface area contributed by atoms with E-state index in [-0.39, 0.29) is 6.04 Å². The van der Waals surface area contributed by atoms with Crippen molar-refractivity contribution in [1.82, 2.24) is 4.98 Å². The van der Waals surface area contributed by atoms with E-state index in [2.05, 4.69) is 4.98 Å². The second kappa shape index (κ2) is 3.34. The van der Waals surface area contributed by atoms with Crippen LogP contribution >= 0.6 is 0 Å². The van der Waals surface area contributed by atoms with Crippen LogP contribution in [0.4, 0.5) is 0 Å². The minimum atomic E-state index is -0.0130. The number of pyridine rings is 1. The number of methoxy groups -OCH3 is 1. The number of aromatic nitrogens is 1. The highest BCUT2D eigenvalue weighted by Gasteiger charge is 1.99. The molecule has 0 amide bonds. The van der Waals surface area contributed by atoms with Crippen LogP contribution in [0.25, 0.3) is 0 Å². The fourth-order valence-corrected chi connectivity index (χ4v) is 0.782. The van der Waals surface area contributed by atoms with Crippen molar-refractivity contribution in [3.8, 4) is 5.75 Å². The summed E-state index contributed by atoms with van der Waals surface area (Å²) in [5.74, 6) is 0.759. The van der Waals surface area contributed by atoms with Gasteiger partial charge in [-0.15, -0.1) is 0 Å². The standard InChI is InChI=1S/C8H12N2O/c1-6(9)8-4-3-7(11-2)5-10-8/h3-6H,9H2,1-2H3/t6-/m1/s1. The van der Waals surface area contributed by atoms with E-state index in [4.69, 9.17) is 10.5 Å². The summed E-state index contributed by atoms with van der Waals surface area (Å²) in [5.41, 5.74) is 6.48. The topological polar surface area (TPSA) is 48.1 Å². The van der Waals surface area contributed by atoms with Crippen LogP contribution < -0.4 is 10.5 Å². The second-order valence-electron chi connectivity index (χ2n) is 2.41. The van der Waals surface area contributed by atoms with Gasteiger partial charge in [0.25, 0.3) is 0 Å². The van der Waals surface area contributed by atoms with Gasteiger partial charge in [-0.05, 0) is 19.1 Å². The number of nitrogens with two attached hydrogens (primary N) is 1. The summed E-state index contributed by atoms with van der Waals surface area (Å²) in [4.78, 5) is 4.10. The van der Waals surface area contributed by atoms with Gasteiger partial charge in [-0.1, -0.05) is 0 Å². The molecule has 2 N–H and O–H groups in total. The molecule has 0 unspecified atom stereocenters. The van der Waals surface area contributed by atoms with Crippen molar-refractivity contribution in [3.63, 3.8) is 0 Å². The lowest BCUT2D eigenvalue weighted by Crippen LogP contribution is -2.06. The largest absolute Gasteiger partial charge is 0.495 e. The average Bonchev–Trinajstić information content (AvgIpc) is 2.05. The fourth-order valence-electron chi connectivity index (χ4n) is 0.782. The van der Waals surface area contributed by atoms with Crippen molar-refractivity contribution >= 4 is 0 Å². The molecule has 0 aliphatic carbocycles. The van der Waals surface area contributed by atoms with Gasteiger partial charge in [0.1, 0.15) is 5.75 Å². The summed E-state index contributed by atoms with van der Waals surface area (Å²) in [6.07, 6.45) is 1.67. The van der Waals surface area contributed by atoms with Crippen LogP contribution in [0.15, 0.2) is 18.3 Å². The predicted octanol–water partition coefficient (Wildman–Crippen LogP) is 1.11. The molecule has 0 spiro atoms. The Balaban J connectivity index is 2.83. The Morgan fingerprint density at radius 1 is 1.55 bits per heavy atom. The van der Waals surface area contributed by atoms with Crippen molar-refractivity contribution in [2.45, 2.75) is 13.0 Å². The Kier molecular flexibility index (Phi) is 2.44. The van der Waals surface area contributed by atoms with Crippen LogP contribution in [0.5, 0.6) is 5.75 Å². The zero-order valence-electron chi connectivity index (χ0n) is 6.74. The Hall–Kier alpha value is -1.09. The zero-order valence-corrected chi connectivity index (χ0v) is 6.74. The minimum Gasteiger partial charge on any atom is -0.495 e. The van der Waals surface area contributed by atoms with Crippen molar-refractivity contribution < 1.29 is 4.74 Å². The first-order chi connectivity index (χ1) is 5.24. The van der Waals surface area contributed by atoms with Gasteiger partial charge in [-0.25, -0.2) is 0 Å². The summed E-state index contributed by atoms with van der Waals surface area (Å²) in [7, 11) is 1.61. The molecule has 0 saturated carbocycles. The third-order valence-electron chi connectivity index (χ3n) is 1.46. The SMILES string of the molecule is COc1ccc([C@@H](C)N)nc1. The molecule has 3 nitrogen and oxygen atoms in total. The molecule has 0 aromatic carbocycles. The lowest BCUT2D eigenvalue weighted by atomic mass is 10.2. The number of rotatable bonds is 2. The quantitative estimate of drug-likeness (QED) is 0.690. The van der Waals surface area contributed by atoms with Crippen molar-refractivity contribution in [2.24, 2.45) is 5.73 Å². The molecule has 0 aliphatic heterocycles. The van der Waals surface area contributed by atoms with Gasteiger partial charge in [-0.2, -0.15) is 0 Å². The first kappa shape index (κ1) is 8.01. The van der Waals surface area contributed by atoms with E-state index in [1.54, 1.807) is 13.3 Å². The highest BCUT2D eigenvalue weighted by atomic mass is 16.5. The smallest absolute Gasteiger partial charge is 0.137 e. The predicted molar refractivity (Wildman–Crippen MR) is 43.4 cm³/mol. The van der Waals surface area contributed by atoms with Gasteiger partial charge in [0.2, 0.25) is 0 Å². The molecule has 1 aromatic rings. The molecule has 0 saturated heterocycles. The van der Waals surface area contributed by atoms with Gasteiger partial charge in [0.05, 0.1) is 19.0 Å². The van der Waals surface area contributed by atoms with Gasteiger partial charge < -0.3 is 10.5 Å². The molecular weight excluding hydrogens is 140 g/mol. The lowest BCUT2D eigenvalue weighted by Gasteiger charge is -2.04. The van der Waals surface area contributed by atoms with E-state index < -0.39 is 0 Å². The second-order valence-corrected chi connectivity index (χ2v) is 2.41. The molecule has 60 valence electrons. The summed E-state index contributed by atoms with van der Waals surface area (Å²) in [6, 6.07) is 3.70. The zero-order chi connectivity index (χ0) is 8.27.